The van der Waals surface area contributed by atoms with Crippen molar-refractivity contribution >= 4 is 54.8 Å². The zero-order valence-corrected chi connectivity index (χ0v) is 14.2. The summed E-state index contributed by atoms with van der Waals surface area (Å²) in [7, 11) is 0. The van der Waals surface area contributed by atoms with E-state index in [1.807, 2.05) is 11.4 Å². The minimum absolute atomic E-state index is 0.168. The largest absolute Gasteiger partial charge is 0.146 e. The van der Waals surface area contributed by atoms with Gasteiger partial charge in [0.25, 0.3) is 0 Å². The highest BCUT2D eigenvalue weighted by atomic mass is 79.9. The van der Waals surface area contributed by atoms with Crippen molar-refractivity contribution in [2.75, 3.05) is 0 Å². The van der Waals surface area contributed by atoms with Gasteiger partial charge in [-0.25, -0.2) is 0 Å². The van der Waals surface area contributed by atoms with Gasteiger partial charge in [-0.05, 0) is 48.1 Å². The van der Waals surface area contributed by atoms with Gasteiger partial charge in [0.15, 0.2) is 0 Å². The predicted octanol–water partition coefficient (Wildman–Crippen LogP) is 6.27. The van der Waals surface area contributed by atoms with E-state index in [0.717, 1.165) is 14.4 Å². The SMILES string of the molecule is Cc1cc(C(Br)c2sccc2Cl)c(C)cc1Br. The molecule has 1 unspecified atom stereocenters. The van der Waals surface area contributed by atoms with Crippen LogP contribution in [0.3, 0.4) is 0 Å². The van der Waals surface area contributed by atoms with Gasteiger partial charge in [0.05, 0.1) is 9.85 Å². The zero-order chi connectivity index (χ0) is 12.6. The van der Waals surface area contributed by atoms with E-state index in [1.165, 1.54) is 16.7 Å². The van der Waals surface area contributed by atoms with Gasteiger partial charge >= 0.3 is 0 Å². The second-order valence-electron chi connectivity index (χ2n) is 3.95. The average molecular weight is 395 g/mol. The molecule has 1 aromatic heterocycles. The summed E-state index contributed by atoms with van der Waals surface area (Å²) in [6.45, 7) is 4.22. The lowest BCUT2D eigenvalue weighted by Gasteiger charge is -2.14. The molecule has 90 valence electrons. The number of halogens is 3. The van der Waals surface area contributed by atoms with Gasteiger partial charge in [-0.1, -0.05) is 49.5 Å². The Morgan fingerprint density at radius 2 is 1.94 bits per heavy atom. The highest BCUT2D eigenvalue weighted by molar-refractivity contribution is 9.10. The molecule has 1 atom stereocenters. The van der Waals surface area contributed by atoms with Crippen molar-refractivity contribution in [1.82, 2.24) is 0 Å². The summed E-state index contributed by atoms with van der Waals surface area (Å²) in [6.07, 6.45) is 0. The van der Waals surface area contributed by atoms with Crippen LogP contribution in [0.15, 0.2) is 28.1 Å². The standard InChI is InChI=1S/C13H11Br2ClS/c1-7-6-10(14)8(2)5-9(7)12(15)13-11(16)3-4-17-13/h3-6,12H,1-2H3. The topological polar surface area (TPSA) is 0 Å². The molecule has 0 bridgehead atoms. The molecule has 1 aromatic carbocycles. The first kappa shape index (κ1) is 13.6. The lowest BCUT2D eigenvalue weighted by atomic mass is 10.0. The first-order chi connectivity index (χ1) is 8.00. The van der Waals surface area contributed by atoms with E-state index in [4.69, 9.17) is 11.6 Å². The number of hydrogen-bond donors (Lipinski definition) is 0. The predicted molar refractivity (Wildman–Crippen MR) is 83.7 cm³/mol. The van der Waals surface area contributed by atoms with Gasteiger partial charge in [-0.3, -0.25) is 0 Å². The summed E-state index contributed by atoms with van der Waals surface area (Å²) < 4.78 is 1.15. The number of thiophene rings is 1. The Labute approximate surface area is 127 Å². The van der Waals surface area contributed by atoms with Crippen molar-refractivity contribution in [2.45, 2.75) is 18.7 Å². The maximum Gasteiger partial charge on any atom is 0.0755 e. The molecule has 2 rings (SSSR count). The zero-order valence-electron chi connectivity index (χ0n) is 9.43. The molecule has 0 saturated heterocycles. The van der Waals surface area contributed by atoms with Gasteiger partial charge in [0, 0.05) is 9.35 Å². The third kappa shape index (κ3) is 2.78. The van der Waals surface area contributed by atoms with Crippen LogP contribution in [0.5, 0.6) is 0 Å². The Bertz CT molecular complexity index is 548. The molecule has 0 spiro atoms. The molecule has 0 radical (unpaired) electrons. The van der Waals surface area contributed by atoms with E-state index in [-0.39, 0.29) is 4.83 Å². The van der Waals surface area contributed by atoms with E-state index in [2.05, 4.69) is 57.8 Å². The monoisotopic (exact) mass is 392 g/mol. The molecular formula is C13H11Br2ClS. The molecule has 0 saturated carbocycles. The van der Waals surface area contributed by atoms with Gasteiger partial charge in [0.2, 0.25) is 0 Å². The van der Waals surface area contributed by atoms with E-state index in [9.17, 15) is 0 Å². The first-order valence-electron chi connectivity index (χ1n) is 5.14. The minimum Gasteiger partial charge on any atom is -0.146 e. The van der Waals surface area contributed by atoms with Crippen molar-refractivity contribution in [3.05, 3.63) is 54.6 Å². The van der Waals surface area contributed by atoms with Gasteiger partial charge in [-0.15, -0.1) is 11.3 Å². The summed E-state index contributed by atoms with van der Waals surface area (Å²) in [5.41, 5.74) is 3.77. The average Bonchev–Trinajstić information content (AvgIpc) is 2.69. The Kier molecular flexibility index (Phi) is 4.35. The van der Waals surface area contributed by atoms with Crippen LogP contribution in [0.25, 0.3) is 0 Å². The lowest BCUT2D eigenvalue weighted by Crippen LogP contribution is -1.96. The van der Waals surface area contributed by atoms with Crippen LogP contribution in [-0.2, 0) is 0 Å². The maximum atomic E-state index is 6.18. The van der Waals surface area contributed by atoms with Crippen LogP contribution in [0.2, 0.25) is 5.02 Å². The molecule has 0 amide bonds. The van der Waals surface area contributed by atoms with E-state index >= 15 is 0 Å². The van der Waals surface area contributed by atoms with Crippen molar-refractivity contribution in [3.8, 4) is 0 Å². The lowest BCUT2D eigenvalue weighted by molar-refractivity contribution is 1.16. The van der Waals surface area contributed by atoms with Crippen LogP contribution >= 0.6 is 54.8 Å². The van der Waals surface area contributed by atoms with E-state index < -0.39 is 0 Å². The third-order valence-electron chi connectivity index (χ3n) is 2.70. The number of rotatable bonds is 2. The first-order valence-corrected chi connectivity index (χ1v) is 8.11. The molecule has 0 N–H and O–H groups in total. The molecular weight excluding hydrogens is 383 g/mol. The Morgan fingerprint density at radius 3 is 2.53 bits per heavy atom. The van der Waals surface area contributed by atoms with E-state index in [0.29, 0.717) is 0 Å². The van der Waals surface area contributed by atoms with Crippen LogP contribution in [0.4, 0.5) is 0 Å². The fraction of sp³-hybridized carbons (Fsp3) is 0.231. The molecule has 0 aliphatic rings. The summed E-state index contributed by atoms with van der Waals surface area (Å²) in [6, 6.07) is 6.30. The smallest absolute Gasteiger partial charge is 0.0755 e. The van der Waals surface area contributed by atoms with Crippen LogP contribution in [0.1, 0.15) is 26.4 Å². The fourth-order valence-corrected chi connectivity index (χ4v) is 4.52. The minimum atomic E-state index is 0.168. The number of alkyl halides is 1. The van der Waals surface area contributed by atoms with Crippen LogP contribution in [-0.4, -0.2) is 0 Å². The number of hydrogen-bond acceptors (Lipinski definition) is 1. The van der Waals surface area contributed by atoms with Gasteiger partial charge in [-0.2, -0.15) is 0 Å². The van der Waals surface area contributed by atoms with Crippen molar-refractivity contribution in [1.29, 1.82) is 0 Å². The molecule has 17 heavy (non-hydrogen) atoms. The molecule has 0 aliphatic heterocycles. The van der Waals surface area contributed by atoms with E-state index in [1.54, 1.807) is 11.3 Å². The normalized spacial score (nSPS) is 12.8. The fourth-order valence-electron chi connectivity index (χ4n) is 1.70. The summed E-state index contributed by atoms with van der Waals surface area (Å²) in [4.78, 5) is 1.33. The van der Waals surface area contributed by atoms with Crippen LogP contribution in [0, 0.1) is 13.8 Å². The Balaban J connectivity index is 2.48. The molecule has 4 heteroatoms. The van der Waals surface area contributed by atoms with Crippen molar-refractivity contribution in [2.24, 2.45) is 0 Å². The van der Waals surface area contributed by atoms with Crippen molar-refractivity contribution < 1.29 is 0 Å². The summed E-state index contributed by atoms with van der Waals surface area (Å²) in [5, 5.41) is 2.85. The number of aryl methyl sites for hydroxylation is 2. The quantitative estimate of drug-likeness (QED) is 0.527. The Hall–Kier alpha value is 0.170. The number of benzene rings is 1. The molecule has 0 nitrogen and oxygen atoms in total. The summed E-state index contributed by atoms with van der Waals surface area (Å²) in [5.74, 6) is 0. The highest BCUT2D eigenvalue weighted by Gasteiger charge is 2.17. The van der Waals surface area contributed by atoms with Crippen LogP contribution < -0.4 is 0 Å². The highest BCUT2D eigenvalue weighted by Crippen LogP contribution is 2.40. The third-order valence-corrected chi connectivity index (χ3v) is 6.23. The molecule has 2 aromatic rings. The van der Waals surface area contributed by atoms with Crippen molar-refractivity contribution in [3.63, 3.8) is 0 Å². The Morgan fingerprint density at radius 1 is 1.24 bits per heavy atom. The van der Waals surface area contributed by atoms with Gasteiger partial charge < -0.3 is 0 Å². The molecule has 0 aliphatic carbocycles. The second kappa shape index (κ2) is 5.43. The molecule has 1 heterocycles. The second-order valence-corrected chi connectivity index (χ2v) is 7.08. The summed E-state index contributed by atoms with van der Waals surface area (Å²) >= 11 is 15.2. The maximum absolute atomic E-state index is 6.18. The van der Waals surface area contributed by atoms with Gasteiger partial charge in [0.1, 0.15) is 0 Å². The molecule has 0 fully saturated rings.